The van der Waals surface area contributed by atoms with Crippen molar-refractivity contribution >= 4 is 17.9 Å². The molecule has 6 nitrogen and oxygen atoms in total. The fourth-order valence-electron chi connectivity index (χ4n) is 1.40. The average Bonchev–Trinajstić information content (AvgIpc) is 2.26. The maximum Gasteiger partial charge on any atom is 0.215 e. The highest BCUT2D eigenvalue weighted by molar-refractivity contribution is 6.29. The van der Waals surface area contributed by atoms with Crippen molar-refractivity contribution in [2.45, 2.75) is 45.7 Å². The van der Waals surface area contributed by atoms with Gasteiger partial charge in [-0.1, -0.05) is 0 Å². The molecule has 0 aromatic heterocycles. The van der Waals surface area contributed by atoms with Crippen molar-refractivity contribution in [1.82, 2.24) is 15.8 Å². The number of hydrogen-bond acceptors (Lipinski definition) is 6. The van der Waals surface area contributed by atoms with Crippen LogP contribution >= 0.6 is 0 Å². The Morgan fingerprint density at radius 2 is 1.68 bits per heavy atom. The lowest BCUT2D eigenvalue weighted by Crippen LogP contribution is -2.56. The molecule has 0 saturated carbocycles. The Morgan fingerprint density at radius 1 is 1.16 bits per heavy atom. The minimum absolute atomic E-state index is 0.0691. The van der Waals surface area contributed by atoms with E-state index in [9.17, 15) is 14.4 Å². The van der Waals surface area contributed by atoms with Gasteiger partial charge in [-0.3, -0.25) is 14.4 Å². The third-order valence-electron chi connectivity index (χ3n) is 3.09. The van der Waals surface area contributed by atoms with Gasteiger partial charge in [0.25, 0.3) is 0 Å². The third kappa shape index (κ3) is 6.04. The summed E-state index contributed by atoms with van der Waals surface area (Å²) in [5.41, 5.74) is 1.47. The molecule has 6 heteroatoms. The van der Waals surface area contributed by atoms with E-state index in [1.807, 2.05) is 13.8 Å². The lowest BCUT2D eigenvalue weighted by Gasteiger charge is -2.30. The lowest BCUT2D eigenvalue weighted by molar-refractivity contribution is -0.134. The number of nitrogens with zero attached hydrogens (tertiary/aromatic N) is 1. The van der Waals surface area contributed by atoms with Crippen LogP contribution in [0.5, 0.6) is 0 Å². The summed E-state index contributed by atoms with van der Waals surface area (Å²) in [6, 6.07) is 0. The molecule has 0 spiro atoms. The van der Waals surface area contributed by atoms with Crippen molar-refractivity contribution in [2.75, 3.05) is 20.1 Å². The number of Topliss-reactive ketones (excluding diaryl/α,β-unsaturated/α-hetero) is 2. The number of rotatable bonds is 9. The predicted octanol–water partition coefficient (Wildman–Crippen LogP) is -0.0734. The summed E-state index contributed by atoms with van der Waals surface area (Å²) < 4.78 is 0. The number of aldehydes is 1. The summed E-state index contributed by atoms with van der Waals surface area (Å²) in [6.45, 7) is 9.65. The van der Waals surface area contributed by atoms with Gasteiger partial charge < -0.3 is 5.32 Å². The normalized spacial score (nSPS) is 12.6. The molecule has 0 amide bonds. The van der Waals surface area contributed by atoms with Crippen molar-refractivity contribution < 1.29 is 14.4 Å². The number of nitrogens with one attached hydrogen (secondary N) is 2. The Morgan fingerprint density at radius 3 is 2.11 bits per heavy atom. The van der Waals surface area contributed by atoms with Gasteiger partial charge in [-0.25, -0.2) is 10.4 Å². The van der Waals surface area contributed by atoms with Gasteiger partial charge in [-0.05, 0) is 34.6 Å². The van der Waals surface area contributed by atoms with E-state index < -0.39 is 16.9 Å². The molecule has 0 unspecified atom stereocenters. The third-order valence-corrected chi connectivity index (χ3v) is 3.09. The fraction of sp³-hybridized carbons (Fsp3) is 0.769. The number of hydrogen-bond donors (Lipinski definition) is 2. The summed E-state index contributed by atoms with van der Waals surface area (Å²) in [7, 11) is 1.78. The van der Waals surface area contributed by atoms with Crippen molar-refractivity contribution in [3.8, 4) is 0 Å². The average molecular weight is 271 g/mol. The van der Waals surface area contributed by atoms with Crippen LogP contribution in [0.1, 0.15) is 34.6 Å². The predicted molar refractivity (Wildman–Crippen MR) is 73.7 cm³/mol. The molecular weight excluding hydrogens is 246 g/mol. The second kappa shape index (κ2) is 6.88. The van der Waals surface area contributed by atoms with Gasteiger partial charge >= 0.3 is 0 Å². The van der Waals surface area contributed by atoms with Gasteiger partial charge in [0.1, 0.15) is 5.78 Å². The van der Waals surface area contributed by atoms with Crippen molar-refractivity contribution in [3.05, 3.63) is 0 Å². The molecule has 0 aliphatic heterocycles. The lowest BCUT2D eigenvalue weighted by atomic mass is 10.0. The molecule has 0 saturated heterocycles. The number of carbonyl (C=O) groups is 3. The number of hydrazine groups is 1. The number of ketones is 2. The molecule has 0 radical (unpaired) electrons. The van der Waals surface area contributed by atoms with Gasteiger partial charge in [0.05, 0.1) is 11.1 Å². The second-order valence-electron chi connectivity index (χ2n) is 5.75. The largest absolute Gasteiger partial charge is 0.304 e. The summed E-state index contributed by atoms with van der Waals surface area (Å²) in [6.07, 6.45) is 0.317. The van der Waals surface area contributed by atoms with Crippen LogP contribution in [0.2, 0.25) is 0 Å². The summed E-state index contributed by atoms with van der Waals surface area (Å²) in [4.78, 5) is 33.2. The molecule has 110 valence electrons. The molecule has 0 fully saturated rings. The molecule has 0 aromatic rings. The highest BCUT2D eigenvalue weighted by atomic mass is 16.2. The molecule has 0 aromatic carbocycles. The molecular formula is C13H25N3O3. The first-order valence-corrected chi connectivity index (χ1v) is 6.27. The Labute approximate surface area is 114 Å². The van der Waals surface area contributed by atoms with Crippen LogP contribution in [-0.2, 0) is 14.4 Å². The monoisotopic (exact) mass is 271 g/mol. The Balaban J connectivity index is 4.21. The quantitative estimate of drug-likeness (QED) is 0.347. The van der Waals surface area contributed by atoms with Crippen LogP contribution < -0.4 is 10.7 Å². The van der Waals surface area contributed by atoms with Crippen molar-refractivity contribution in [1.29, 1.82) is 0 Å². The van der Waals surface area contributed by atoms with E-state index in [4.69, 9.17) is 0 Å². The molecule has 19 heavy (non-hydrogen) atoms. The van der Waals surface area contributed by atoms with E-state index in [1.165, 1.54) is 0 Å². The zero-order chi connectivity index (χ0) is 15.3. The molecule has 0 bridgehead atoms. The van der Waals surface area contributed by atoms with Gasteiger partial charge in [0, 0.05) is 20.1 Å². The van der Waals surface area contributed by atoms with E-state index in [1.54, 1.807) is 32.8 Å². The Kier molecular flexibility index (Phi) is 6.48. The highest BCUT2D eigenvalue weighted by Crippen LogP contribution is 2.04. The van der Waals surface area contributed by atoms with Crippen molar-refractivity contribution in [2.24, 2.45) is 0 Å². The van der Waals surface area contributed by atoms with Crippen LogP contribution in [0.15, 0.2) is 0 Å². The van der Waals surface area contributed by atoms with Crippen LogP contribution in [0.25, 0.3) is 0 Å². The van der Waals surface area contributed by atoms with E-state index in [0.29, 0.717) is 19.4 Å². The van der Waals surface area contributed by atoms with E-state index in [-0.39, 0.29) is 5.78 Å². The maximum absolute atomic E-state index is 11.4. The van der Waals surface area contributed by atoms with Crippen molar-refractivity contribution in [3.63, 3.8) is 0 Å². The zero-order valence-electron chi connectivity index (χ0n) is 12.7. The molecule has 0 atom stereocenters. The van der Waals surface area contributed by atoms with Gasteiger partial charge in [0.15, 0.2) is 6.29 Å². The highest BCUT2D eigenvalue weighted by Gasteiger charge is 2.28. The summed E-state index contributed by atoms with van der Waals surface area (Å²) >= 11 is 0. The minimum atomic E-state index is -0.924. The first-order valence-electron chi connectivity index (χ1n) is 6.27. The van der Waals surface area contributed by atoms with Gasteiger partial charge in [-0.2, -0.15) is 0 Å². The SMILES string of the molecule is CC(=O)C(C)(C)NCCN(C)NC(C)(C)C(=O)C=O. The van der Waals surface area contributed by atoms with E-state index in [2.05, 4.69) is 10.7 Å². The first kappa shape index (κ1) is 17.9. The molecule has 0 heterocycles. The number of carbonyl (C=O) groups excluding carboxylic acids is 3. The van der Waals surface area contributed by atoms with Crippen LogP contribution in [-0.4, -0.2) is 54.1 Å². The molecule has 0 aliphatic carbocycles. The molecule has 2 N–H and O–H groups in total. The first-order chi connectivity index (χ1) is 8.53. The molecule has 0 aliphatic rings. The van der Waals surface area contributed by atoms with Crippen LogP contribution in [0.3, 0.4) is 0 Å². The van der Waals surface area contributed by atoms with Gasteiger partial charge in [-0.15, -0.1) is 0 Å². The van der Waals surface area contributed by atoms with E-state index >= 15 is 0 Å². The standard InChI is InChI=1S/C13H25N3O3/c1-10(18)12(2,3)14-7-8-16(6)15-13(4,5)11(19)9-17/h9,14-15H,7-8H2,1-6H3. The maximum atomic E-state index is 11.4. The zero-order valence-corrected chi connectivity index (χ0v) is 12.7. The van der Waals surface area contributed by atoms with Crippen LogP contribution in [0, 0.1) is 0 Å². The van der Waals surface area contributed by atoms with E-state index in [0.717, 1.165) is 0 Å². The van der Waals surface area contributed by atoms with Gasteiger partial charge in [0.2, 0.25) is 5.78 Å². The summed E-state index contributed by atoms with van der Waals surface area (Å²) in [5.74, 6) is -0.434. The smallest absolute Gasteiger partial charge is 0.215 e. The number of likely N-dealkylation sites (N-methyl/N-ethyl adjacent to an activating group) is 1. The van der Waals surface area contributed by atoms with Crippen LogP contribution in [0.4, 0.5) is 0 Å². The topological polar surface area (TPSA) is 78.5 Å². The summed E-state index contributed by atoms with van der Waals surface area (Å²) in [5, 5.41) is 4.86. The molecule has 0 rings (SSSR count). The Hall–Kier alpha value is -1.11. The fourth-order valence-corrected chi connectivity index (χ4v) is 1.40. The minimum Gasteiger partial charge on any atom is -0.304 e. The Bertz CT molecular complexity index is 351. The second-order valence-corrected chi connectivity index (χ2v) is 5.75.